The van der Waals surface area contributed by atoms with Crippen LogP contribution in [-0.4, -0.2) is 17.4 Å². The molecule has 18 heavy (non-hydrogen) atoms. The number of hydrogen-bond donors (Lipinski definition) is 1. The van der Waals surface area contributed by atoms with Crippen LogP contribution in [0, 0.1) is 5.41 Å². The van der Waals surface area contributed by atoms with E-state index in [4.69, 9.17) is 5.73 Å². The number of nitrogen functional groups attached to an aromatic ring is 1. The second kappa shape index (κ2) is 5.89. The third-order valence-electron chi connectivity index (χ3n) is 2.77. The van der Waals surface area contributed by atoms with E-state index in [1.807, 2.05) is 36.1 Å². The molecular weight excluding hydrogens is 224 g/mol. The molecule has 0 aliphatic rings. The van der Waals surface area contributed by atoms with Gasteiger partial charge in [-0.1, -0.05) is 32.9 Å². The molecule has 3 heteroatoms. The Morgan fingerprint density at radius 1 is 1.22 bits per heavy atom. The van der Waals surface area contributed by atoms with Gasteiger partial charge in [-0.25, -0.2) is 0 Å². The monoisotopic (exact) mass is 248 g/mol. The van der Waals surface area contributed by atoms with Gasteiger partial charge >= 0.3 is 0 Å². The first-order valence-corrected chi connectivity index (χ1v) is 6.44. The zero-order chi connectivity index (χ0) is 13.8. The average molecular weight is 248 g/mol. The number of carbonyl (C=O) groups is 1. The van der Waals surface area contributed by atoms with Crippen molar-refractivity contribution in [2.45, 2.75) is 40.7 Å². The first-order chi connectivity index (χ1) is 8.31. The van der Waals surface area contributed by atoms with Crippen LogP contribution < -0.4 is 5.73 Å². The third-order valence-corrected chi connectivity index (χ3v) is 2.77. The molecule has 0 aliphatic carbocycles. The van der Waals surface area contributed by atoms with Crippen LogP contribution in [0.15, 0.2) is 24.3 Å². The Morgan fingerprint density at radius 2 is 1.78 bits per heavy atom. The van der Waals surface area contributed by atoms with Crippen LogP contribution >= 0.6 is 0 Å². The summed E-state index contributed by atoms with van der Waals surface area (Å²) in [7, 11) is 0. The topological polar surface area (TPSA) is 46.3 Å². The maximum atomic E-state index is 12.2. The van der Waals surface area contributed by atoms with Gasteiger partial charge < -0.3 is 10.6 Å². The molecule has 0 atom stereocenters. The number of anilines is 1. The minimum atomic E-state index is 0.0334. The van der Waals surface area contributed by atoms with E-state index >= 15 is 0 Å². The molecule has 0 heterocycles. The molecule has 0 bridgehead atoms. The predicted molar refractivity (Wildman–Crippen MR) is 76.0 cm³/mol. The molecule has 3 nitrogen and oxygen atoms in total. The van der Waals surface area contributed by atoms with Gasteiger partial charge in [0.15, 0.2) is 0 Å². The number of nitrogens with zero attached hydrogens (tertiary/aromatic N) is 1. The van der Waals surface area contributed by atoms with Crippen LogP contribution in [0.3, 0.4) is 0 Å². The van der Waals surface area contributed by atoms with Crippen molar-refractivity contribution in [2.75, 3.05) is 12.3 Å². The summed E-state index contributed by atoms with van der Waals surface area (Å²) in [5.41, 5.74) is 7.56. The number of carbonyl (C=O) groups excluding carboxylic acids is 1. The van der Waals surface area contributed by atoms with Crippen molar-refractivity contribution >= 4 is 11.6 Å². The maximum absolute atomic E-state index is 12.2. The predicted octanol–water partition coefficient (Wildman–Crippen LogP) is 3.05. The zero-order valence-electron chi connectivity index (χ0n) is 11.9. The highest BCUT2D eigenvalue weighted by molar-refractivity contribution is 5.76. The van der Waals surface area contributed by atoms with Crippen LogP contribution in [-0.2, 0) is 11.3 Å². The average Bonchev–Trinajstić information content (AvgIpc) is 2.25. The Bertz CT molecular complexity index is 390. The molecule has 1 aromatic carbocycles. The van der Waals surface area contributed by atoms with Gasteiger partial charge in [-0.15, -0.1) is 0 Å². The van der Waals surface area contributed by atoms with Crippen molar-refractivity contribution in [1.82, 2.24) is 4.90 Å². The lowest BCUT2D eigenvalue weighted by atomic mass is 9.91. The van der Waals surface area contributed by atoms with E-state index in [9.17, 15) is 4.79 Å². The fraction of sp³-hybridized carbons (Fsp3) is 0.533. The second-order valence-electron chi connectivity index (χ2n) is 5.89. The van der Waals surface area contributed by atoms with E-state index in [1.165, 1.54) is 0 Å². The van der Waals surface area contributed by atoms with Gasteiger partial charge in [-0.3, -0.25) is 4.79 Å². The molecule has 0 saturated heterocycles. The van der Waals surface area contributed by atoms with Crippen LogP contribution in [0.1, 0.15) is 39.7 Å². The first kappa shape index (κ1) is 14.6. The molecule has 1 rings (SSSR count). The molecule has 1 amide bonds. The van der Waals surface area contributed by atoms with Crippen LogP contribution in [0.25, 0.3) is 0 Å². The Hall–Kier alpha value is -1.51. The maximum Gasteiger partial charge on any atom is 0.223 e. The number of benzene rings is 1. The second-order valence-corrected chi connectivity index (χ2v) is 5.89. The SMILES string of the molecule is CCN(Cc1ccc(N)cc1)C(=O)CC(C)(C)C. The van der Waals surface area contributed by atoms with Crippen molar-refractivity contribution < 1.29 is 4.79 Å². The van der Waals surface area contributed by atoms with Gasteiger partial charge in [0.2, 0.25) is 5.91 Å². The first-order valence-electron chi connectivity index (χ1n) is 6.44. The Balaban J connectivity index is 2.67. The lowest BCUT2D eigenvalue weighted by molar-refractivity contribution is -0.133. The van der Waals surface area contributed by atoms with E-state index in [2.05, 4.69) is 20.8 Å². The van der Waals surface area contributed by atoms with Gasteiger partial charge in [0.25, 0.3) is 0 Å². The van der Waals surface area contributed by atoms with E-state index in [0.29, 0.717) is 13.0 Å². The van der Waals surface area contributed by atoms with Gasteiger partial charge in [0, 0.05) is 25.2 Å². The Labute approximate surface area is 110 Å². The highest BCUT2D eigenvalue weighted by Gasteiger charge is 2.20. The highest BCUT2D eigenvalue weighted by atomic mass is 16.2. The molecule has 0 unspecified atom stereocenters. The Morgan fingerprint density at radius 3 is 2.22 bits per heavy atom. The summed E-state index contributed by atoms with van der Waals surface area (Å²) < 4.78 is 0. The molecule has 0 fully saturated rings. The lowest BCUT2D eigenvalue weighted by Crippen LogP contribution is -2.32. The quantitative estimate of drug-likeness (QED) is 0.832. The summed E-state index contributed by atoms with van der Waals surface area (Å²) in [5.74, 6) is 0.210. The van der Waals surface area contributed by atoms with Crippen LogP contribution in [0.4, 0.5) is 5.69 Å². The Kier molecular flexibility index (Phi) is 4.76. The molecule has 2 N–H and O–H groups in total. The number of rotatable bonds is 4. The van der Waals surface area contributed by atoms with Crippen LogP contribution in [0.5, 0.6) is 0 Å². The molecule has 0 aliphatic heterocycles. The lowest BCUT2D eigenvalue weighted by Gasteiger charge is -2.25. The summed E-state index contributed by atoms with van der Waals surface area (Å²) in [4.78, 5) is 14.0. The van der Waals surface area contributed by atoms with E-state index in [0.717, 1.165) is 17.8 Å². The molecule has 100 valence electrons. The van der Waals surface area contributed by atoms with Crippen molar-refractivity contribution in [2.24, 2.45) is 5.41 Å². The van der Waals surface area contributed by atoms with Crippen molar-refractivity contribution in [3.63, 3.8) is 0 Å². The summed E-state index contributed by atoms with van der Waals surface area (Å²) in [6.07, 6.45) is 0.579. The van der Waals surface area contributed by atoms with E-state index in [-0.39, 0.29) is 11.3 Å². The molecular formula is C15H24N2O. The van der Waals surface area contributed by atoms with Gasteiger partial charge in [0.05, 0.1) is 0 Å². The number of amides is 1. The third kappa shape index (κ3) is 4.78. The standard InChI is InChI=1S/C15H24N2O/c1-5-17(14(18)10-15(2,3)4)11-12-6-8-13(16)9-7-12/h6-9H,5,10-11,16H2,1-4H3. The smallest absolute Gasteiger partial charge is 0.223 e. The molecule has 0 spiro atoms. The largest absolute Gasteiger partial charge is 0.399 e. The minimum absolute atomic E-state index is 0.0334. The molecule has 0 aromatic heterocycles. The van der Waals surface area contributed by atoms with Crippen molar-refractivity contribution in [1.29, 1.82) is 0 Å². The van der Waals surface area contributed by atoms with Gasteiger partial charge in [0.1, 0.15) is 0 Å². The van der Waals surface area contributed by atoms with E-state index in [1.54, 1.807) is 0 Å². The summed E-state index contributed by atoms with van der Waals surface area (Å²) >= 11 is 0. The minimum Gasteiger partial charge on any atom is -0.399 e. The fourth-order valence-electron chi connectivity index (χ4n) is 1.79. The zero-order valence-corrected chi connectivity index (χ0v) is 11.9. The van der Waals surface area contributed by atoms with Gasteiger partial charge in [-0.2, -0.15) is 0 Å². The van der Waals surface area contributed by atoms with E-state index < -0.39 is 0 Å². The van der Waals surface area contributed by atoms with Gasteiger partial charge in [-0.05, 0) is 30.0 Å². The molecule has 0 saturated carbocycles. The number of hydrogen-bond acceptors (Lipinski definition) is 2. The summed E-state index contributed by atoms with van der Waals surface area (Å²) in [6, 6.07) is 7.69. The van der Waals surface area contributed by atoms with Crippen molar-refractivity contribution in [3.8, 4) is 0 Å². The fourth-order valence-corrected chi connectivity index (χ4v) is 1.79. The molecule has 0 radical (unpaired) electrons. The molecule has 1 aromatic rings. The number of nitrogens with two attached hydrogens (primary N) is 1. The highest BCUT2D eigenvalue weighted by Crippen LogP contribution is 2.20. The summed E-state index contributed by atoms with van der Waals surface area (Å²) in [5, 5.41) is 0. The summed E-state index contributed by atoms with van der Waals surface area (Å²) in [6.45, 7) is 9.66. The normalized spacial score (nSPS) is 11.3. The van der Waals surface area contributed by atoms with Crippen molar-refractivity contribution in [3.05, 3.63) is 29.8 Å². The van der Waals surface area contributed by atoms with Crippen LogP contribution in [0.2, 0.25) is 0 Å².